The number of nitrogens with one attached hydrogen (secondary N) is 2. The highest BCUT2D eigenvalue weighted by Gasteiger charge is 2.12. The molecule has 0 spiro atoms. The summed E-state index contributed by atoms with van der Waals surface area (Å²) in [6.07, 6.45) is 1.68. The molecule has 0 unspecified atom stereocenters. The molecule has 2 rings (SSSR count). The summed E-state index contributed by atoms with van der Waals surface area (Å²) in [5.74, 6) is 0.830. The highest BCUT2D eigenvalue weighted by atomic mass is 32.2. The average molecular weight is 393 g/mol. The highest BCUT2D eigenvalue weighted by Crippen LogP contribution is 2.15. The van der Waals surface area contributed by atoms with Crippen LogP contribution in [0.3, 0.4) is 0 Å². The second-order valence-corrected chi connectivity index (χ2v) is 8.61. The van der Waals surface area contributed by atoms with Gasteiger partial charge in [0, 0.05) is 30.2 Å². The van der Waals surface area contributed by atoms with E-state index in [4.69, 9.17) is 0 Å². The van der Waals surface area contributed by atoms with Crippen LogP contribution < -0.4 is 10.0 Å². The number of carbonyl (C=O) groups is 1. The SMILES string of the molecule is O=C(CCCCNS(=O)(=O)c1ccccc1)NCCSc1ccccc1. The topological polar surface area (TPSA) is 75.3 Å². The van der Waals surface area contributed by atoms with Crippen LogP contribution in [-0.4, -0.2) is 33.2 Å². The standard InChI is InChI=1S/C19H24N2O3S2/c22-19(20-15-16-25-17-9-3-1-4-10-17)13-7-8-14-21-26(23,24)18-11-5-2-6-12-18/h1-6,9-12,21H,7-8,13-16H2,(H,20,22). The van der Waals surface area contributed by atoms with Crippen LogP contribution in [0.5, 0.6) is 0 Å². The second kappa shape index (κ2) is 11.0. The summed E-state index contributed by atoms with van der Waals surface area (Å²) in [7, 11) is -3.46. The van der Waals surface area contributed by atoms with E-state index in [1.807, 2.05) is 30.3 Å². The van der Waals surface area contributed by atoms with Gasteiger partial charge in [0.05, 0.1) is 4.90 Å². The van der Waals surface area contributed by atoms with Crippen molar-refractivity contribution in [3.63, 3.8) is 0 Å². The van der Waals surface area contributed by atoms with Crippen molar-refractivity contribution in [2.75, 3.05) is 18.8 Å². The fraction of sp³-hybridized carbons (Fsp3) is 0.316. The number of sulfonamides is 1. The number of benzene rings is 2. The van der Waals surface area contributed by atoms with Crippen molar-refractivity contribution in [3.05, 3.63) is 60.7 Å². The summed E-state index contributed by atoms with van der Waals surface area (Å²) >= 11 is 1.70. The lowest BCUT2D eigenvalue weighted by molar-refractivity contribution is -0.121. The van der Waals surface area contributed by atoms with Crippen LogP contribution in [0.25, 0.3) is 0 Å². The lowest BCUT2D eigenvalue weighted by atomic mass is 10.2. The predicted octanol–water partition coefficient (Wildman–Crippen LogP) is 3.04. The van der Waals surface area contributed by atoms with Gasteiger partial charge in [0.2, 0.25) is 15.9 Å². The summed E-state index contributed by atoms with van der Waals surface area (Å²) in [6, 6.07) is 18.3. The molecule has 0 aliphatic rings. The molecule has 0 fully saturated rings. The van der Waals surface area contributed by atoms with E-state index in [1.54, 1.807) is 42.1 Å². The average Bonchev–Trinajstić information content (AvgIpc) is 2.66. The smallest absolute Gasteiger partial charge is 0.240 e. The molecule has 0 heterocycles. The number of amides is 1. The normalized spacial score (nSPS) is 11.2. The molecule has 0 atom stereocenters. The third-order valence-electron chi connectivity index (χ3n) is 3.61. The molecular formula is C19H24N2O3S2. The minimum absolute atomic E-state index is 0.00424. The van der Waals surface area contributed by atoms with E-state index < -0.39 is 10.0 Å². The number of hydrogen-bond acceptors (Lipinski definition) is 4. The molecule has 140 valence electrons. The monoisotopic (exact) mass is 392 g/mol. The third kappa shape index (κ3) is 7.59. The van der Waals surface area contributed by atoms with Crippen molar-refractivity contribution in [1.82, 2.24) is 10.0 Å². The van der Waals surface area contributed by atoms with Gasteiger partial charge in [-0.3, -0.25) is 4.79 Å². The van der Waals surface area contributed by atoms with Crippen LogP contribution in [0.1, 0.15) is 19.3 Å². The molecule has 2 N–H and O–H groups in total. The lowest BCUT2D eigenvalue weighted by Crippen LogP contribution is -2.27. The fourth-order valence-electron chi connectivity index (χ4n) is 2.26. The summed E-state index contributed by atoms with van der Waals surface area (Å²) < 4.78 is 26.6. The molecule has 2 aromatic rings. The number of thioether (sulfide) groups is 1. The van der Waals surface area contributed by atoms with E-state index in [0.29, 0.717) is 32.4 Å². The lowest BCUT2D eigenvalue weighted by Gasteiger charge is -2.07. The Balaban J connectivity index is 1.53. The molecule has 0 saturated carbocycles. The zero-order valence-electron chi connectivity index (χ0n) is 14.6. The van der Waals surface area contributed by atoms with Crippen LogP contribution in [0.4, 0.5) is 0 Å². The van der Waals surface area contributed by atoms with E-state index >= 15 is 0 Å². The van der Waals surface area contributed by atoms with Gasteiger partial charge < -0.3 is 5.32 Å². The van der Waals surface area contributed by atoms with Gasteiger partial charge in [-0.25, -0.2) is 13.1 Å². The molecule has 0 aliphatic carbocycles. The fourth-order valence-corrected chi connectivity index (χ4v) is 4.15. The van der Waals surface area contributed by atoms with Crippen molar-refractivity contribution in [2.45, 2.75) is 29.1 Å². The molecule has 26 heavy (non-hydrogen) atoms. The second-order valence-electron chi connectivity index (χ2n) is 5.68. The zero-order valence-corrected chi connectivity index (χ0v) is 16.2. The molecule has 1 amide bonds. The van der Waals surface area contributed by atoms with Crippen LogP contribution in [0.2, 0.25) is 0 Å². The molecule has 2 aromatic carbocycles. The molecule has 0 aliphatic heterocycles. The zero-order chi connectivity index (χ0) is 18.7. The van der Waals surface area contributed by atoms with Gasteiger partial charge in [-0.15, -0.1) is 11.8 Å². The summed E-state index contributed by atoms with van der Waals surface area (Å²) in [5, 5.41) is 2.89. The van der Waals surface area contributed by atoms with Gasteiger partial charge in [0.1, 0.15) is 0 Å². The first kappa shape index (κ1) is 20.5. The van der Waals surface area contributed by atoms with Gasteiger partial charge in [0.15, 0.2) is 0 Å². The molecule has 0 saturated heterocycles. The Hall–Kier alpha value is -1.83. The first-order valence-corrected chi connectivity index (χ1v) is 11.0. The van der Waals surface area contributed by atoms with Crippen LogP contribution >= 0.6 is 11.8 Å². The molecule has 0 aromatic heterocycles. The summed E-state index contributed by atoms with van der Waals surface area (Å²) in [4.78, 5) is 13.2. The summed E-state index contributed by atoms with van der Waals surface area (Å²) in [5.41, 5.74) is 0. The quantitative estimate of drug-likeness (QED) is 0.455. The van der Waals surface area contributed by atoms with E-state index in [9.17, 15) is 13.2 Å². The van der Waals surface area contributed by atoms with E-state index in [2.05, 4.69) is 10.0 Å². The Bertz CT molecular complexity index is 766. The van der Waals surface area contributed by atoms with Gasteiger partial charge >= 0.3 is 0 Å². The maximum atomic E-state index is 12.0. The first-order valence-electron chi connectivity index (χ1n) is 8.57. The maximum Gasteiger partial charge on any atom is 0.240 e. The molecule has 0 radical (unpaired) electrons. The van der Waals surface area contributed by atoms with Gasteiger partial charge in [-0.2, -0.15) is 0 Å². The third-order valence-corrected chi connectivity index (χ3v) is 6.10. The minimum Gasteiger partial charge on any atom is -0.355 e. The number of carbonyl (C=O) groups excluding carboxylic acids is 1. The molecular weight excluding hydrogens is 368 g/mol. The number of unbranched alkanes of at least 4 members (excludes halogenated alkanes) is 1. The van der Waals surface area contributed by atoms with Crippen LogP contribution in [0.15, 0.2) is 70.5 Å². The Morgan fingerprint density at radius 1 is 0.885 bits per heavy atom. The Morgan fingerprint density at radius 2 is 1.54 bits per heavy atom. The predicted molar refractivity (Wildman–Crippen MR) is 106 cm³/mol. The molecule has 7 heteroatoms. The van der Waals surface area contributed by atoms with Gasteiger partial charge in [-0.05, 0) is 37.1 Å². The maximum absolute atomic E-state index is 12.0. The number of hydrogen-bond donors (Lipinski definition) is 2. The van der Waals surface area contributed by atoms with Crippen molar-refractivity contribution < 1.29 is 13.2 Å². The highest BCUT2D eigenvalue weighted by molar-refractivity contribution is 7.99. The summed E-state index contributed by atoms with van der Waals surface area (Å²) in [6.45, 7) is 0.952. The minimum atomic E-state index is -3.46. The van der Waals surface area contributed by atoms with E-state index in [0.717, 1.165) is 5.75 Å². The van der Waals surface area contributed by atoms with Gasteiger partial charge in [-0.1, -0.05) is 36.4 Å². The van der Waals surface area contributed by atoms with Crippen LogP contribution in [-0.2, 0) is 14.8 Å². The Labute approximate surface area is 159 Å². The largest absolute Gasteiger partial charge is 0.355 e. The van der Waals surface area contributed by atoms with Crippen LogP contribution in [0, 0.1) is 0 Å². The van der Waals surface area contributed by atoms with E-state index in [1.165, 1.54) is 4.90 Å². The molecule has 0 bridgehead atoms. The van der Waals surface area contributed by atoms with Crippen molar-refractivity contribution in [2.24, 2.45) is 0 Å². The van der Waals surface area contributed by atoms with Crippen molar-refractivity contribution in [1.29, 1.82) is 0 Å². The van der Waals surface area contributed by atoms with Gasteiger partial charge in [0.25, 0.3) is 0 Å². The molecule has 5 nitrogen and oxygen atoms in total. The van der Waals surface area contributed by atoms with Crippen molar-refractivity contribution in [3.8, 4) is 0 Å². The Morgan fingerprint density at radius 3 is 2.23 bits per heavy atom. The number of rotatable bonds is 11. The van der Waals surface area contributed by atoms with E-state index in [-0.39, 0.29) is 10.8 Å². The van der Waals surface area contributed by atoms with Crippen molar-refractivity contribution >= 4 is 27.7 Å². The first-order chi connectivity index (χ1) is 12.6. The Kier molecular flexibility index (Phi) is 8.67.